The van der Waals surface area contributed by atoms with E-state index in [1.54, 1.807) is 49.5 Å². The SMILES string of the molecule is CCN(CCNc1ccc(C#Cc2ccc(OC(C)=O)cc2)cn1)C(=O)c1ccccc1C(F)(F)F. The lowest BCUT2D eigenvalue weighted by Crippen LogP contribution is -2.36. The van der Waals surface area contributed by atoms with Gasteiger partial charge in [0.15, 0.2) is 0 Å². The number of likely N-dealkylation sites (N-methyl/N-ethyl adjacent to an activating group) is 1. The Morgan fingerprint density at radius 1 is 1.00 bits per heavy atom. The van der Waals surface area contributed by atoms with Crippen LogP contribution in [-0.2, 0) is 11.0 Å². The van der Waals surface area contributed by atoms with Gasteiger partial charge in [0.25, 0.3) is 5.91 Å². The molecular weight excluding hydrogens is 471 g/mol. The summed E-state index contributed by atoms with van der Waals surface area (Å²) < 4.78 is 44.8. The highest BCUT2D eigenvalue weighted by Gasteiger charge is 2.35. The maximum atomic E-state index is 13.3. The molecule has 3 rings (SSSR count). The summed E-state index contributed by atoms with van der Waals surface area (Å²) in [4.78, 5) is 29.3. The van der Waals surface area contributed by atoms with Gasteiger partial charge in [0.1, 0.15) is 11.6 Å². The van der Waals surface area contributed by atoms with Gasteiger partial charge in [-0.3, -0.25) is 9.59 Å². The summed E-state index contributed by atoms with van der Waals surface area (Å²) in [5.74, 6) is 5.91. The fourth-order valence-electron chi connectivity index (χ4n) is 3.30. The van der Waals surface area contributed by atoms with E-state index in [-0.39, 0.29) is 18.7 Å². The van der Waals surface area contributed by atoms with Crippen molar-refractivity contribution in [2.75, 3.05) is 25.0 Å². The predicted octanol–water partition coefficient (Wildman–Crippen LogP) is 5.00. The number of halogens is 3. The Kier molecular flexibility index (Phi) is 8.68. The number of alkyl halides is 3. The van der Waals surface area contributed by atoms with Gasteiger partial charge in [-0.05, 0) is 55.5 Å². The number of aromatic nitrogens is 1. The number of nitrogens with zero attached hydrogens (tertiary/aromatic N) is 2. The summed E-state index contributed by atoms with van der Waals surface area (Å²) in [7, 11) is 0. The number of carbonyl (C=O) groups is 2. The number of ether oxygens (including phenoxy) is 1. The molecule has 0 spiro atoms. The highest BCUT2D eigenvalue weighted by atomic mass is 19.4. The number of benzene rings is 2. The molecule has 0 aliphatic carbocycles. The summed E-state index contributed by atoms with van der Waals surface area (Å²) in [5.41, 5.74) is 0.109. The summed E-state index contributed by atoms with van der Waals surface area (Å²) >= 11 is 0. The van der Waals surface area contributed by atoms with Crippen molar-refractivity contribution in [1.29, 1.82) is 0 Å². The molecule has 0 aliphatic heterocycles. The van der Waals surface area contributed by atoms with E-state index in [0.29, 0.717) is 23.7 Å². The molecule has 186 valence electrons. The van der Waals surface area contributed by atoms with Gasteiger partial charge in [-0.1, -0.05) is 24.0 Å². The van der Waals surface area contributed by atoms with Gasteiger partial charge in [0.2, 0.25) is 0 Å². The molecule has 0 aliphatic rings. The molecule has 1 amide bonds. The number of amides is 1. The van der Waals surface area contributed by atoms with Crippen molar-refractivity contribution >= 4 is 17.7 Å². The Bertz CT molecular complexity index is 1260. The average molecular weight is 496 g/mol. The van der Waals surface area contributed by atoms with E-state index in [9.17, 15) is 22.8 Å². The average Bonchev–Trinajstić information content (AvgIpc) is 2.86. The Labute approximate surface area is 207 Å². The maximum Gasteiger partial charge on any atom is 0.417 e. The number of hydrogen-bond acceptors (Lipinski definition) is 5. The molecule has 0 radical (unpaired) electrons. The highest BCUT2D eigenvalue weighted by Crippen LogP contribution is 2.32. The molecule has 1 heterocycles. The van der Waals surface area contributed by atoms with Crippen molar-refractivity contribution in [2.45, 2.75) is 20.0 Å². The number of carbonyl (C=O) groups excluding carboxylic acids is 2. The minimum absolute atomic E-state index is 0.202. The summed E-state index contributed by atoms with van der Waals surface area (Å²) in [6, 6.07) is 15.1. The minimum Gasteiger partial charge on any atom is -0.427 e. The lowest BCUT2D eigenvalue weighted by atomic mass is 10.1. The Morgan fingerprint density at radius 3 is 2.28 bits per heavy atom. The van der Waals surface area contributed by atoms with Crippen LogP contribution in [0.25, 0.3) is 0 Å². The van der Waals surface area contributed by atoms with Gasteiger partial charge in [0, 0.05) is 43.9 Å². The first-order valence-electron chi connectivity index (χ1n) is 11.1. The quantitative estimate of drug-likeness (QED) is 0.284. The first-order valence-corrected chi connectivity index (χ1v) is 11.1. The van der Waals surface area contributed by atoms with Crippen molar-refractivity contribution in [2.24, 2.45) is 0 Å². The number of esters is 1. The number of pyridine rings is 1. The lowest BCUT2D eigenvalue weighted by molar-refractivity contribution is -0.138. The van der Waals surface area contributed by atoms with Gasteiger partial charge in [-0.25, -0.2) is 4.98 Å². The van der Waals surface area contributed by atoms with E-state index < -0.39 is 23.6 Å². The highest BCUT2D eigenvalue weighted by molar-refractivity contribution is 5.96. The predicted molar refractivity (Wildman–Crippen MR) is 129 cm³/mol. The van der Waals surface area contributed by atoms with Crippen molar-refractivity contribution in [3.63, 3.8) is 0 Å². The molecule has 0 atom stereocenters. The molecule has 3 aromatic rings. The van der Waals surface area contributed by atoms with Crippen LogP contribution in [0.3, 0.4) is 0 Å². The molecule has 9 heteroatoms. The van der Waals surface area contributed by atoms with Gasteiger partial charge in [-0.15, -0.1) is 0 Å². The third kappa shape index (κ3) is 7.34. The normalized spacial score (nSPS) is 10.7. The molecule has 0 saturated heterocycles. The van der Waals surface area contributed by atoms with Crippen LogP contribution in [0.4, 0.5) is 19.0 Å². The minimum atomic E-state index is -4.61. The summed E-state index contributed by atoms with van der Waals surface area (Å²) in [5, 5.41) is 3.07. The molecule has 0 unspecified atom stereocenters. The maximum absolute atomic E-state index is 13.3. The second kappa shape index (κ2) is 11.9. The van der Waals surface area contributed by atoms with Gasteiger partial charge in [0.05, 0.1) is 11.1 Å². The van der Waals surface area contributed by atoms with Crippen LogP contribution in [0.1, 0.15) is 40.9 Å². The molecule has 1 N–H and O–H groups in total. The third-order valence-electron chi connectivity index (χ3n) is 5.05. The molecule has 1 aromatic heterocycles. The van der Waals surface area contributed by atoms with Crippen LogP contribution >= 0.6 is 0 Å². The number of hydrogen-bond donors (Lipinski definition) is 1. The van der Waals surface area contributed by atoms with E-state index in [2.05, 4.69) is 22.1 Å². The monoisotopic (exact) mass is 495 g/mol. The smallest absolute Gasteiger partial charge is 0.417 e. The summed E-state index contributed by atoms with van der Waals surface area (Å²) in [6.45, 7) is 3.81. The van der Waals surface area contributed by atoms with Crippen molar-refractivity contribution in [3.8, 4) is 17.6 Å². The Hall–Kier alpha value is -4.32. The van der Waals surface area contributed by atoms with Crippen LogP contribution < -0.4 is 10.1 Å². The number of anilines is 1. The van der Waals surface area contributed by atoms with Gasteiger partial charge < -0.3 is 15.0 Å². The fraction of sp³-hybridized carbons (Fsp3) is 0.222. The fourth-order valence-corrected chi connectivity index (χ4v) is 3.30. The van der Waals surface area contributed by atoms with Gasteiger partial charge in [-0.2, -0.15) is 13.2 Å². The van der Waals surface area contributed by atoms with Crippen LogP contribution in [0.5, 0.6) is 5.75 Å². The Morgan fingerprint density at radius 2 is 1.67 bits per heavy atom. The standard InChI is InChI=1S/C27H24F3N3O3/c1-3-33(26(35)23-6-4-5-7-24(23)27(28,29)30)17-16-31-25-15-12-21(18-32-25)9-8-20-10-13-22(14-11-20)36-19(2)34/h4-7,10-15,18H,3,16-17H2,1-2H3,(H,31,32). The van der Waals surface area contributed by atoms with Crippen LogP contribution in [0.2, 0.25) is 0 Å². The summed E-state index contributed by atoms with van der Waals surface area (Å²) in [6.07, 6.45) is -3.02. The zero-order valence-electron chi connectivity index (χ0n) is 19.7. The molecule has 0 fully saturated rings. The molecule has 0 saturated carbocycles. The number of nitrogens with one attached hydrogen (secondary N) is 1. The van der Waals surface area contributed by atoms with Crippen molar-refractivity contribution in [1.82, 2.24) is 9.88 Å². The molecule has 2 aromatic carbocycles. The second-order valence-corrected chi connectivity index (χ2v) is 7.66. The van der Waals surface area contributed by atoms with Crippen LogP contribution in [-0.4, -0.2) is 41.4 Å². The van der Waals surface area contributed by atoms with Crippen LogP contribution in [0, 0.1) is 11.8 Å². The first kappa shape index (κ1) is 26.3. The van der Waals surface area contributed by atoms with Crippen LogP contribution in [0.15, 0.2) is 66.9 Å². The zero-order chi connectivity index (χ0) is 26.1. The van der Waals surface area contributed by atoms with Gasteiger partial charge >= 0.3 is 12.1 Å². The molecule has 0 bridgehead atoms. The zero-order valence-corrected chi connectivity index (χ0v) is 19.7. The van der Waals surface area contributed by atoms with E-state index in [0.717, 1.165) is 11.6 Å². The number of rotatable bonds is 7. The molecule has 36 heavy (non-hydrogen) atoms. The first-order chi connectivity index (χ1) is 17.2. The van der Waals surface area contributed by atoms with E-state index >= 15 is 0 Å². The topological polar surface area (TPSA) is 71.5 Å². The molecule has 6 nitrogen and oxygen atoms in total. The largest absolute Gasteiger partial charge is 0.427 e. The lowest BCUT2D eigenvalue weighted by Gasteiger charge is -2.23. The molecular formula is C27H24F3N3O3. The Balaban J connectivity index is 1.56. The van der Waals surface area contributed by atoms with E-state index in [1.165, 1.54) is 30.0 Å². The van der Waals surface area contributed by atoms with Crippen molar-refractivity contribution < 1.29 is 27.5 Å². The van der Waals surface area contributed by atoms with E-state index in [4.69, 9.17) is 4.74 Å². The second-order valence-electron chi connectivity index (χ2n) is 7.66. The third-order valence-corrected chi connectivity index (χ3v) is 5.05. The van der Waals surface area contributed by atoms with Crippen molar-refractivity contribution in [3.05, 3.63) is 89.1 Å². The van der Waals surface area contributed by atoms with E-state index in [1.807, 2.05) is 0 Å².